The lowest BCUT2D eigenvalue weighted by Crippen LogP contribution is -2.40. The molecular formula is C12H21N3O2S. The molecular weight excluding hydrogens is 250 g/mol. The minimum absolute atomic E-state index is 0.395. The molecule has 1 fully saturated rings. The Morgan fingerprint density at radius 2 is 2.28 bits per heavy atom. The Labute approximate surface area is 109 Å². The van der Waals surface area contributed by atoms with Crippen molar-refractivity contribution < 1.29 is 8.42 Å². The van der Waals surface area contributed by atoms with Gasteiger partial charge in [-0.1, -0.05) is 0 Å². The largest absolute Gasteiger partial charge is 0.354 e. The third kappa shape index (κ3) is 3.34. The number of nitrogens with zero attached hydrogens (tertiary/aromatic N) is 2. The first kappa shape index (κ1) is 13.6. The lowest BCUT2D eigenvalue weighted by Gasteiger charge is -2.31. The minimum atomic E-state index is -3.05. The summed E-state index contributed by atoms with van der Waals surface area (Å²) in [5, 5.41) is 0. The summed E-state index contributed by atoms with van der Waals surface area (Å²) in [6.45, 7) is 2.71. The van der Waals surface area contributed by atoms with Crippen LogP contribution in [0, 0.1) is 5.92 Å². The zero-order valence-electron chi connectivity index (χ0n) is 10.7. The summed E-state index contributed by atoms with van der Waals surface area (Å²) in [7, 11) is -3.05. The first-order chi connectivity index (χ1) is 8.49. The van der Waals surface area contributed by atoms with E-state index in [1.807, 2.05) is 18.5 Å². The third-order valence-corrected chi connectivity index (χ3v) is 4.74. The van der Waals surface area contributed by atoms with E-state index in [4.69, 9.17) is 5.73 Å². The van der Waals surface area contributed by atoms with Gasteiger partial charge in [-0.05, 0) is 30.4 Å². The molecule has 2 heterocycles. The Hall–Kier alpha value is -0.850. The van der Waals surface area contributed by atoms with Crippen LogP contribution in [0.5, 0.6) is 0 Å². The molecule has 0 aliphatic carbocycles. The van der Waals surface area contributed by atoms with Crippen LogP contribution in [0.25, 0.3) is 0 Å². The van der Waals surface area contributed by atoms with Crippen LogP contribution < -0.4 is 5.73 Å². The molecule has 0 bridgehead atoms. The van der Waals surface area contributed by atoms with Crippen molar-refractivity contribution in [1.82, 2.24) is 8.87 Å². The van der Waals surface area contributed by atoms with Gasteiger partial charge in [-0.25, -0.2) is 12.7 Å². The zero-order valence-corrected chi connectivity index (χ0v) is 11.6. The summed E-state index contributed by atoms with van der Waals surface area (Å²) in [6, 6.07) is 2.01. The normalized spacial score (nSPS) is 22.2. The number of nitrogens with two attached hydrogens (primary N) is 1. The summed E-state index contributed by atoms with van der Waals surface area (Å²) in [4.78, 5) is 0. The van der Waals surface area contributed by atoms with E-state index in [0.29, 0.717) is 25.6 Å². The van der Waals surface area contributed by atoms with Crippen LogP contribution in [0.3, 0.4) is 0 Å². The molecule has 18 heavy (non-hydrogen) atoms. The Kier molecular flexibility index (Phi) is 4.09. The molecule has 1 aliphatic rings. The van der Waals surface area contributed by atoms with Crippen molar-refractivity contribution in [2.45, 2.75) is 25.9 Å². The molecule has 2 N–H and O–H groups in total. The molecule has 1 atom stereocenters. The maximum Gasteiger partial charge on any atom is 0.211 e. The SMILES string of the molecule is CS(=O)(=O)N1CCCC(Cn2ccc(CN)c2)C1. The molecule has 0 radical (unpaired) electrons. The molecule has 0 spiro atoms. The Morgan fingerprint density at radius 1 is 1.50 bits per heavy atom. The van der Waals surface area contributed by atoms with Gasteiger partial charge < -0.3 is 10.3 Å². The zero-order chi connectivity index (χ0) is 13.2. The van der Waals surface area contributed by atoms with Gasteiger partial charge in [0.25, 0.3) is 0 Å². The topological polar surface area (TPSA) is 68.3 Å². The fourth-order valence-electron chi connectivity index (χ4n) is 2.50. The summed E-state index contributed by atoms with van der Waals surface area (Å²) in [5.41, 5.74) is 6.69. The fraction of sp³-hybridized carbons (Fsp3) is 0.667. The van der Waals surface area contributed by atoms with E-state index in [-0.39, 0.29) is 0 Å². The number of piperidine rings is 1. The quantitative estimate of drug-likeness (QED) is 0.873. The molecule has 2 rings (SSSR count). The molecule has 1 aliphatic heterocycles. The Bertz CT molecular complexity index is 495. The number of hydrogen-bond donors (Lipinski definition) is 1. The number of rotatable bonds is 4. The highest BCUT2D eigenvalue weighted by atomic mass is 32.2. The molecule has 1 aromatic heterocycles. The van der Waals surface area contributed by atoms with E-state index < -0.39 is 10.0 Å². The second kappa shape index (κ2) is 5.42. The predicted octanol–water partition coefficient (Wildman–Crippen LogP) is 0.618. The van der Waals surface area contributed by atoms with Gasteiger partial charge >= 0.3 is 0 Å². The highest BCUT2D eigenvalue weighted by Gasteiger charge is 2.25. The van der Waals surface area contributed by atoms with Gasteiger partial charge in [0.2, 0.25) is 10.0 Å². The van der Waals surface area contributed by atoms with Crippen LogP contribution in [-0.4, -0.2) is 36.6 Å². The maximum atomic E-state index is 11.5. The van der Waals surface area contributed by atoms with Crippen LogP contribution >= 0.6 is 0 Å². The van der Waals surface area contributed by atoms with Gasteiger partial charge in [0.15, 0.2) is 0 Å². The second-order valence-electron chi connectivity index (χ2n) is 5.05. The summed E-state index contributed by atoms with van der Waals surface area (Å²) in [5.74, 6) is 0.395. The van der Waals surface area contributed by atoms with Crippen LogP contribution in [0.4, 0.5) is 0 Å². The van der Waals surface area contributed by atoms with E-state index in [9.17, 15) is 8.42 Å². The van der Waals surface area contributed by atoms with Gasteiger partial charge in [-0.15, -0.1) is 0 Å². The van der Waals surface area contributed by atoms with Crippen LogP contribution in [0.1, 0.15) is 18.4 Å². The number of hydrogen-bond acceptors (Lipinski definition) is 3. The second-order valence-corrected chi connectivity index (χ2v) is 7.03. The van der Waals surface area contributed by atoms with Crippen molar-refractivity contribution in [3.63, 3.8) is 0 Å². The molecule has 1 saturated heterocycles. The van der Waals surface area contributed by atoms with Gasteiger partial charge in [0.1, 0.15) is 0 Å². The van der Waals surface area contributed by atoms with Crippen LogP contribution in [0.15, 0.2) is 18.5 Å². The summed E-state index contributed by atoms with van der Waals surface area (Å²) < 4.78 is 26.8. The van der Waals surface area contributed by atoms with Gasteiger partial charge in [-0.3, -0.25) is 0 Å². The van der Waals surface area contributed by atoms with E-state index in [0.717, 1.165) is 24.9 Å². The van der Waals surface area contributed by atoms with Crippen LogP contribution in [-0.2, 0) is 23.1 Å². The van der Waals surface area contributed by atoms with Crippen molar-refractivity contribution in [2.75, 3.05) is 19.3 Å². The Balaban J connectivity index is 1.97. The van der Waals surface area contributed by atoms with Crippen molar-refractivity contribution in [3.8, 4) is 0 Å². The molecule has 0 saturated carbocycles. The number of aromatic nitrogens is 1. The van der Waals surface area contributed by atoms with Gasteiger partial charge in [0.05, 0.1) is 6.26 Å². The molecule has 1 aromatic rings. The van der Waals surface area contributed by atoms with E-state index >= 15 is 0 Å². The van der Waals surface area contributed by atoms with Crippen LogP contribution in [0.2, 0.25) is 0 Å². The van der Waals surface area contributed by atoms with E-state index in [1.54, 1.807) is 4.31 Å². The number of sulfonamides is 1. The predicted molar refractivity (Wildman–Crippen MR) is 71.5 cm³/mol. The van der Waals surface area contributed by atoms with Crippen molar-refractivity contribution in [1.29, 1.82) is 0 Å². The van der Waals surface area contributed by atoms with Crippen molar-refractivity contribution >= 4 is 10.0 Å². The molecule has 0 amide bonds. The Morgan fingerprint density at radius 3 is 2.89 bits per heavy atom. The first-order valence-electron chi connectivity index (χ1n) is 6.29. The van der Waals surface area contributed by atoms with Crippen molar-refractivity contribution in [3.05, 3.63) is 24.0 Å². The van der Waals surface area contributed by atoms with E-state index in [1.165, 1.54) is 6.26 Å². The summed E-state index contributed by atoms with van der Waals surface area (Å²) in [6.07, 6.45) is 7.38. The monoisotopic (exact) mass is 271 g/mol. The van der Waals surface area contributed by atoms with Gasteiger partial charge in [-0.2, -0.15) is 0 Å². The highest BCUT2D eigenvalue weighted by molar-refractivity contribution is 7.88. The van der Waals surface area contributed by atoms with E-state index in [2.05, 4.69) is 4.57 Å². The fourth-order valence-corrected chi connectivity index (χ4v) is 3.44. The molecule has 1 unspecified atom stereocenters. The maximum absolute atomic E-state index is 11.5. The molecule has 102 valence electrons. The third-order valence-electron chi connectivity index (χ3n) is 3.47. The standard InChI is InChI=1S/C12H21N3O2S/c1-18(16,17)15-5-2-3-12(10-15)9-14-6-4-11(7-13)8-14/h4,6,8,12H,2-3,5,7,9-10,13H2,1H3. The first-order valence-corrected chi connectivity index (χ1v) is 8.13. The lowest BCUT2D eigenvalue weighted by molar-refractivity contribution is 0.246. The molecule has 5 nitrogen and oxygen atoms in total. The summed E-state index contributed by atoms with van der Waals surface area (Å²) >= 11 is 0. The van der Waals surface area contributed by atoms with Gasteiger partial charge in [0, 0.05) is 38.6 Å². The molecule has 6 heteroatoms. The smallest absolute Gasteiger partial charge is 0.211 e. The highest BCUT2D eigenvalue weighted by Crippen LogP contribution is 2.20. The van der Waals surface area contributed by atoms with Crippen molar-refractivity contribution in [2.24, 2.45) is 11.7 Å². The molecule has 0 aromatic carbocycles. The minimum Gasteiger partial charge on any atom is -0.354 e. The lowest BCUT2D eigenvalue weighted by atomic mass is 10.00. The average molecular weight is 271 g/mol. The average Bonchev–Trinajstić information content (AvgIpc) is 2.76.